The van der Waals surface area contributed by atoms with Crippen molar-refractivity contribution in [2.75, 3.05) is 13.2 Å². The molecule has 18 heavy (non-hydrogen) atoms. The smallest absolute Gasteiger partial charge is 0.119 e. The molecule has 1 aromatic rings. The molecule has 1 aliphatic carbocycles. The van der Waals surface area contributed by atoms with Gasteiger partial charge in [-0.05, 0) is 36.8 Å². The quantitative estimate of drug-likeness (QED) is 0.777. The second kappa shape index (κ2) is 6.79. The van der Waals surface area contributed by atoms with Crippen molar-refractivity contribution in [2.45, 2.75) is 39.2 Å². The van der Waals surface area contributed by atoms with E-state index in [1.54, 1.807) is 0 Å². The van der Waals surface area contributed by atoms with Gasteiger partial charge in [0.15, 0.2) is 0 Å². The van der Waals surface area contributed by atoms with Crippen molar-refractivity contribution in [1.29, 1.82) is 0 Å². The van der Waals surface area contributed by atoms with Gasteiger partial charge in [0, 0.05) is 12.6 Å². The molecule has 3 atom stereocenters. The highest BCUT2D eigenvalue weighted by atomic mass is 16.5. The zero-order chi connectivity index (χ0) is 12.8. The Bertz CT molecular complexity index is 338. The first-order valence-corrected chi connectivity index (χ1v) is 7.22. The van der Waals surface area contributed by atoms with E-state index in [1.807, 2.05) is 30.3 Å². The van der Waals surface area contributed by atoms with Crippen LogP contribution >= 0.6 is 0 Å². The largest absolute Gasteiger partial charge is 0.492 e. The molecule has 0 heterocycles. The molecule has 2 heteroatoms. The van der Waals surface area contributed by atoms with Gasteiger partial charge < -0.3 is 10.1 Å². The monoisotopic (exact) mass is 247 g/mol. The lowest BCUT2D eigenvalue weighted by Gasteiger charge is -2.21. The Morgan fingerprint density at radius 3 is 2.67 bits per heavy atom. The first-order chi connectivity index (χ1) is 8.81. The summed E-state index contributed by atoms with van der Waals surface area (Å²) in [7, 11) is 0. The maximum absolute atomic E-state index is 5.69. The summed E-state index contributed by atoms with van der Waals surface area (Å²) in [6.45, 7) is 6.39. The third kappa shape index (κ3) is 3.49. The van der Waals surface area contributed by atoms with E-state index in [9.17, 15) is 0 Å². The average molecular weight is 247 g/mol. The van der Waals surface area contributed by atoms with Crippen LogP contribution in [-0.4, -0.2) is 19.2 Å². The summed E-state index contributed by atoms with van der Waals surface area (Å²) < 4.78 is 5.69. The van der Waals surface area contributed by atoms with Crippen LogP contribution in [0.25, 0.3) is 0 Å². The van der Waals surface area contributed by atoms with Gasteiger partial charge in [0.25, 0.3) is 0 Å². The highest BCUT2D eigenvalue weighted by Crippen LogP contribution is 2.33. The molecule has 0 aliphatic heterocycles. The molecular weight excluding hydrogens is 222 g/mol. The van der Waals surface area contributed by atoms with E-state index in [0.717, 1.165) is 30.7 Å². The molecule has 0 bridgehead atoms. The van der Waals surface area contributed by atoms with Gasteiger partial charge in [-0.1, -0.05) is 38.5 Å². The Morgan fingerprint density at radius 2 is 2.00 bits per heavy atom. The fourth-order valence-electron chi connectivity index (χ4n) is 3.04. The molecular formula is C16H25NO. The van der Waals surface area contributed by atoms with Crippen molar-refractivity contribution in [3.05, 3.63) is 30.3 Å². The van der Waals surface area contributed by atoms with Crippen LogP contribution in [0.4, 0.5) is 0 Å². The van der Waals surface area contributed by atoms with E-state index in [4.69, 9.17) is 4.74 Å². The lowest BCUT2D eigenvalue weighted by atomic mass is 9.93. The maximum atomic E-state index is 5.69. The molecule has 1 aromatic carbocycles. The van der Waals surface area contributed by atoms with E-state index in [0.29, 0.717) is 6.04 Å². The van der Waals surface area contributed by atoms with Gasteiger partial charge in [-0.3, -0.25) is 0 Å². The highest BCUT2D eigenvalue weighted by Gasteiger charge is 2.30. The molecule has 1 aliphatic rings. The highest BCUT2D eigenvalue weighted by molar-refractivity contribution is 5.20. The Morgan fingerprint density at radius 1 is 1.22 bits per heavy atom. The lowest BCUT2D eigenvalue weighted by Crippen LogP contribution is -2.35. The van der Waals surface area contributed by atoms with Crippen LogP contribution in [0.2, 0.25) is 0 Å². The average Bonchev–Trinajstić information content (AvgIpc) is 2.77. The number of benzene rings is 1. The standard InChI is InChI=1S/C16H25NO/c1-3-14-9-10-16(13(14)2)17-11-12-18-15-7-5-4-6-8-15/h4-8,13-14,16-17H,3,9-12H2,1-2H3. The van der Waals surface area contributed by atoms with E-state index in [-0.39, 0.29) is 0 Å². The molecule has 0 amide bonds. The fourth-order valence-corrected chi connectivity index (χ4v) is 3.04. The molecule has 0 radical (unpaired) electrons. The van der Waals surface area contributed by atoms with Crippen LogP contribution in [0.1, 0.15) is 33.1 Å². The summed E-state index contributed by atoms with van der Waals surface area (Å²) in [5.41, 5.74) is 0. The molecule has 1 fully saturated rings. The predicted molar refractivity (Wildman–Crippen MR) is 75.9 cm³/mol. The summed E-state index contributed by atoms with van der Waals surface area (Å²) in [6, 6.07) is 10.7. The van der Waals surface area contributed by atoms with Gasteiger partial charge >= 0.3 is 0 Å². The van der Waals surface area contributed by atoms with Gasteiger partial charge in [-0.25, -0.2) is 0 Å². The van der Waals surface area contributed by atoms with Crippen LogP contribution in [0.3, 0.4) is 0 Å². The Kier molecular flexibility index (Phi) is 5.06. The van der Waals surface area contributed by atoms with Crippen LogP contribution in [0.15, 0.2) is 30.3 Å². The first kappa shape index (κ1) is 13.4. The Balaban J connectivity index is 1.64. The molecule has 100 valence electrons. The lowest BCUT2D eigenvalue weighted by molar-refractivity contribution is 0.286. The number of hydrogen-bond acceptors (Lipinski definition) is 2. The van der Waals surface area contributed by atoms with Crippen LogP contribution in [0, 0.1) is 11.8 Å². The van der Waals surface area contributed by atoms with Crippen molar-refractivity contribution in [3.8, 4) is 5.75 Å². The summed E-state index contributed by atoms with van der Waals surface area (Å²) in [5.74, 6) is 2.69. The zero-order valence-corrected chi connectivity index (χ0v) is 11.6. The number of rotatable bonds is 6. The molecule has 0 saturated heterocycles. The topological polar surface area (TPSA) is 21.3 Å². The minimum atomic E-state index is 0.689. The molecule has 2 nitrogen and oxygen atoms in total. The third-order valence-electron chi connectivity index (χ3n) is 4.27. The number of nitrogens with one attached hydrogen (secondary N) is 1. The van der Waals surface area contributed by atoms with Crippen LogP contribution in [-0.2, 0) is 0 Å². The maximum Gasteiger partial charge on any atom is 0.119 e. The van der Waals surface area contributed by atoms with Crippen molar-refractivity contribution in [2.24, 2.45) is 11.8 Å². The fraction of sp³-hybridized carbons (Fsp3) is 0.625. The van der Waals surface area contributed by atoms with E-state index < -0.39 is 0 Å². The van der Waals surface area contributed by atoms with Crippen LogP contribution in [0.5, 0.6) is 5.75 Å². The van der Waals surface area contributed by atoms with Gasteiger partial charge in [0.05, 0.1) is 0 Å². The normalized spacial score (nSPS) is 27.3. The van der Waals surface area contributed by atoms with Gasteiger partial charge in [0.2, 0.25) is 0 Å². The first-order valence-electron chi connectivity index (χ1n) is 7.22. The van der Waals surface area contributed by atoms with Crippen LogP contribution < -0.4 is 10.1 Å². The van der Waals surface area contributed by atoms with Gasteiger partial charge in [0.1, 0.15) is 12.4 Å². The third-order valence-corrected chi connectivity index (χ3v) is 4.27. The predicted octanol–water partition coefficient (Wildman–Crippen LogP) is 3.48. The van der Waals surface area contributed by atoms with E-state index in [1.165, 1.54) is 19.3 Å². The molecule has 1 N–H and O–H groups in total. The Hall–Kier alpha value is -1.02. The molecule has 2 rings (SSSR count). The van der Waals surface area contributed by atoms with E-state index in [2.05, 4.69) is 19.2 Å². The second-order valence-corrected chi connectivity index (χ2v) is 5.33. The SMILES string of the molecule is CCC1CCC(NCCOc2ccccc2)C1C. The van der Waals surface area contributed by atoms with Crippen molar-refractivity contribution < 1.29 is 4.74 Å². The second-order valence-electron chi connectivity index (χ2n) is 5.33. The molecule has 0 aromatic heterocycles. The molecule has 3 unspecified atom stereocenters. The van der Waals surface area contributed by atoms with E-state index >= 15 is 0 Å². The summed E-state index contributed by atoms with van der Waals surface area (Å²) in [5, 5.41) is 3.64. The number of para-hydroxylation sites is 1. The van der Waals surface area contributed by atoms with Gasteiger partial charge in [-0.2, -0.15) is 0 Å². The molecule has 1 saturated carbocycles. The number of hydrogen-bond donors (Lipinski definition) is 1. The number of ether oxygens (including phenoxy) is 1. The summed E-state index contributed by atoms with van der Waals surface area (Å²) in [4.78, 5) is 0. The van der Waals surface area contributed by atoms with Crippen molar-refractivity contribution in [3.63, 3.8) is 0 Å². The minimum Gasteiger partial charge on any atom is -0.492 e. The summed E-state index contributed by atoms with van der Waals surface area (Å²) >= 11 is 0. The Labute approximate surface area is 111 Å². The minimum absolute atomic E-state index is 0.689. The van der Waals surface area contributed by atoms with Crippen molar-refractivity contribution >= 4 is 0 Å². The zero-order valence-electron chi connectivity index (χ0n) is 11.6. The molecule has 0 spiro atoms. The summed E-state index contributed by atoms with van der Waals surface area (Å²) in [6.07, 6.45) is 4.03. The van der Waals surface area contributed by atoms with Gasteiger partial charge in [-0.15, -0.1) is 0 Å². The van der Waals surface area contributed by atoms with Crippen molar-refractivity contribution in [1.82, 2.24) is 5.32 Å².